The molecule has 116 valence electrons. The fraction of sp³-hybridized carbons (Fsp3) is 0.647. The maximum Gasteiger partial charge on any atom is 0.0777 e. The van der Waals surface area contributed by atoms with Crippen LogP contribution in [-0.2, 0) is 20.8 Å². The summed E-state index contributed by atoms with van der Waals surface area (Å²) in [5.74, 6) is 0. The third-order valence-electron chi connectivity index (χ3n) is 4.27. The minimum atomic E-state index is 0.238. The van der Waals surface area contributed by atoms with Crippen molar-refractivity contribution in [1.29, 1.82) is 0 Å². The molecule has 2 saturated heterocycles. The molecule has 1 N–H and O–H groups in total. The first-order valence-corrected chi connectivity index (χ1v) is 7.99. The van der Waals surface area contributed by atoms with Gasteiger partial charge in [-0.3, -0.25) is 0 Å². The van der Waals surface area contributed by atoms with E-state index in [0.29, 0.717) is 18.7 Å². The number of ether oxygens (including phenoxy) is 3. The van der Waals surface area contributed by atoms with Crippen molar-refractivity contribution in [3.8, 4) is 0 Å². The Labute approximate surface area is 126 Å². The first kappa shape index (κ1) is 15.0. The molecule has 3 rings (SSSR count). The standard InChI is InChI=1S/C17H25NO3/c1-2-4-14(5-3-1)12-21-17-8-11-20-13-16(17)18-15-6-9-19-10-7-15/h1-5,15-18H,6-13H2/t16-,17+/m1/s1. The Morgan fingerprint density at radius 2 is 1.76 bits per heavy atom. The summed E-state index contributed by atoms with van der Waals surface area (Å²) >= 11 is 0. The Kier molecular flexibility index (Phi) is 5.63. The van der Waals surface area contributed by atoms with Crippen LogP contribution in [-0.4, -0.2) is 44.6 Å². The minimum absolute atomic E-state index is 0.238. The average Bonchev–Trinajstić information content (AvgIpc) is 2.56. The lowest BCUT2D eigenvalue weighted by atomic mass is 10.0. The molecule has 2 aliphatic rings. The van der Waals surface area contributed by atoms with Crippen LogP contribution in [0.25, 0.3) is 0 Å². The van der Waals surface area contributed by atoms with Crippen molar-refractivity contribution in [2.45, 2.75) is 44.1 Å². The molecule has 0 amide bonds. The molecule has 2 fully saturated rings. The smallest absolute Gasteiger partial charge is 0.0777 e. The van der Waals surface area contributed by atoms with Gasteiger partial charge in [0.1, 0.15) is 0 Å². The highest BCUT2D eigenvalue weighted by Gasteiger charge is 2.29. The number of hydrogen-bond acceptors (Lipinski definition) is 4. The number of benzene rings is 1. The van der Waals surface area contributed by atoms with Crippen molar-refractivity contribution < 1.29 is 14.2 Å². The van der Waals surface area contributed by atoms with Crippen molar-refractivity contribution in [2.75, 3.05) is 26.4 Å². The molecule has 0 saturated carbocycles. The molecule has 4 heteroatoms. The highest BCUT2D eigenvalue weighted by Crippen LogP contribution is 2.17. The molecule has 0 radical (unpaired) electrons. The topological polar surface area (TPSA) is 39.7 Å². The van der Waals surface area contributed by atoms with Gasteiger partial charge in [0.25, 0.3) is 0 Å². The largest absolute Gasteiger partial charge is 0.381 e. The second-order valence-electron chi connectivity index (χ2n) is 5.86. The van der Waals surface area contributed by atoms with E-state index in [1.165, 1.54) is 5.56 Å². The van der Waals surface area contributed by atoms with Crippen LogP contribution < -0.4 is 5.32 Å². The Bertz CT molecular complexity index is 406. The Balaban J connectivity index is 1.51. The van der Waals surface area contributed by atoms with E-state index in [4.69, 9.17) is 14.2 Å². The van der Waals surface area contributed by atoms with Gasteiger partial charge in [0.05, 0.1) is 25.4 Å². The van der Waals surface area contributed by atoms with E-state index in [1.807, 2.05) is 6.07 Å². The quantitative estimate of drug-likeness (QED) is 0.902. The molecule has 0 unspecified atom stereocenters. The summed E-state index contributed by atoms with van der Waals surface area (Å²) in [6, 6.07) is 11.2. The van der Waals surface area contributed by atoms with Gasteiger partial charge in [0, 0.05) is 25.9 Å². The van der Waals surface area contributed by atoms with Gasteiger partial charge in [-0.2, -0.15) is 0 Å². The van der Waals surface area contributed by atoms with Gasteiger partial charge in [-0.05, 0) is 24.8 Å². The van der Waals surface area contributed by atoms with Crippen molar-refractivity contribution in [2.24, 2.45) is 0 Å². The SMILES string of the molecule is c1ccc(CO[C@H]2CCOC[C@H]2NC2CCOCC2)cc1. The lowest BCUT2D eigenvalue weighted by Crippen LogP contribution is -2.53. The van der Waals surface area contributed by atoms with Crippen LogP contribution in [0.5, 0.6) is 0 Å². The molecule has 21 heavy (non-hydrogen) atoms. The molecular formula is C17H25NO3. The molecule has 4 nitrogen and oxygen atoms in total. The van der Waals surface area contributed by atoms with Crippen LogP contribution in [0.4, 0.5) is 0 Å². The molecule has 0 spiro atoms. The molecule has 0 aliphatic carbocycles. The monoisotopic (exact) mass is 291 g/mol. The second-order valence-corrected chi connectivity index (χ2v) is 5.86. The Morgan fingerprint density at radius 3 is 2.57 bits per heavy atom. The van der Waals surface area contributed by atoms with Gasteiger partial charge in [0.15, 0.2) is 0 Å². The van der Waals surface area contributed by atoms with Crippen LogP contribution in [0, 0.1) is 0 Å². The maximum atomic E-state index is 6.15. The molecule has 2 aliphatic heterocycles. The summed E-state index contributed by atoms with van der Waals surface area (Å²) in [5.41, 5.74) is 1.23. The van der Waals surface area contributed by atoms with Crippen LogP contribution in [0.1, 0.15) is 24.8 Å². The highest BCUT2D eigenvalue weighted by atomic mass is 16.5. The van der Waals surface area contributed by atoms with Gasteiger partial charge >= 0.3 is 0 Å². The van der Waals surface area contributed by atoms with Crippen molar-refractivity contribution in [3.05, 3.63) is 35.9 Å². The van der Waals surface area contributed by atoms with Crippen LogP contribution in [0.2, 0.25) is 0 Å². The van der Waals surface area contributed by atoms with E-state index in [0.717, 1.165) is 45.7 Å². The number of rotatable bonds is 5. The van der Waals surface area contributed by atoms with Crippen molar-refractivity contribution in [3.63, 3.8) is 0 Å². The van der Waals surface area contributed by atoms with Gasteiger partial charge < -0.3 is 19.5 Å². The lowest BCUT2D eigenvalue weighted by Gasteiger charge is -2.36. The molecule has 1 aromatic carbocycles. The highest BCUT2D eigenvalue weighted by molar-refractivity contribution is 5.13. The Hall–Kier alpha value is -0.940. The second kappa shape index (κ2) is 7.90. The van der Waals surface area contributed by atoms with E-state index in [2.05, 4.69) is 29.6 Å². The zero-order chi connectivity index (χ0) is 14.3. The first-order chi connectivity index (χ1) is 10.4. The van der Waals surface area contributed by atoms with Crippen LogP contribution >= 0.6 is 0 Å². The number of nitrogens with one attached hydrogen (secondary N) is 1. The summed E-state index contributed by atoms with van der Waals surface area (Å²) in [4.78, 5) is 0. The number of hydrogen-bond donors (Lipinski definition) is 1. The minimum Gasteiger partial charge on any atom is -0.381 e. The van der Waals surface area contributed by atoms with E-state index in [1.54, 1.807) is 0 Å². The van der Waals surface area contributed by atoms with E-state index >= 15 is 0 Å². The van der Waals surface area contributed by atoms with Gasteiger partial charge in [0.2, 0.25) is 0 Å². The normalized spacial score (nSPS) is 27.6. The summed E-state index contributed by atoms with van der Waals surface area (Å²) in [6.07, 6.45) is 3.37. The first-order valence-electron chi connectivity index (χ1n) is 7.99. The molecule has 1 aromatic rings. The third kappa shape index (κ3) is 4.51. The average molecular weight is 291 g/mol. The van der Waals surface area contributed by atoms with Gasteiger partial charge in [-0.15, -0.1) is 0 Å². The molecular weight excluding hydrogens is 266 g/mol. The van der Waals surface area contributed by atoms with Crippen LogP contribution in [0.3, 0.4) is 0 Å². The summed E-state index contributed by atoms with van der Waals surface area (Å²) in [5, 5.41) is 3.71. The summed E-state index contributed by atoms with van der Waals surface area (Å²) in [6.45, 7) is 3.95. The summed E-state index contributed by atoms with van der Waals surface area (Å²) < 4.78 is 17.2. The lowest BCUT2D eigenvalue weighted by molar-refractivity contribution is -0.0684. The Morgan fingerprint density at radius 1 is 1.00 bits per heavy atom. The predicted molar refractivity (Wildman–Crippen MR) is 81.2 cm³/mol. The van der Waals surface area contributed by atoms with Crippen molar-refractivity contribution in [1.82, 2.24) is 5.32 Å². The summed E-state index contributed by atoms with van der Waals surface area (Å²) in [7, 11) is 0. The van der Waals surface area contributed by atoms with Crippen LogP contribution in [0.15, 0.2) is 30.3 Å². The molecule has 0 aromatic heterocycles. The zero-order valence-corrected chi connectivity index (χ0v) is 12.5. The molecule has 2 atom stereocenters. The fourth-order valence-electron chi connectivity index (χ4n) is 3.02. The van der Waals surface area contributed by atoms with E-state index in [-0.39, 0.29) is 6.10 Å². The molecule has 0 bridgehead atoms. The predicted octanol–water partition coefficient (Wildman–Crippen LogP) is 2.13. The van der Waals surface area contributed by atoms with Gasteiger partial charge in [-0.25, -0.2) is 0 Å². The fourth-order valence-corrected chi connectivity index (χ4v) is 3.02. The molecule has 2 heterocycles. The van der Waals surface area contributed by atoms with E-state index < -0.39 is 0 Å². The third-order valence-corrected chi connectivity index (χ3v) is 4.27. The van der Waals surface area contributed by atoms with Gasteiger partial charge in [-0.1, -0.05) is 30.3 Å². The maximum absolute atomic E-state index is 6.15. The van der Waals surface area contributed by atoms with E-state index in [9.17, 15) is 0 Å². The zero-order valence-electron chi connectivity index (χ0n) is 12.5. The van der Waals surface area contributed by atoms with Crippen molar-refractivity contribution >= 4 is 0 Å².